The number of esters is 1. The highest BCUT2D eigenvalue weighted by Crippen LogP contribution is 2.32. The molecular weight excluding hydrogens is 264 g/mol. The van der Waals surface area contributed by atoms with Crippen molar-refractivity contribution in [1.82, 2.24) is 10.2 Å². The van der Waals surface area contributed by atoms with Crippen molar-refractivity contribution in [3.63, 3.8) is 0 Å². The molecule has 5 nitrogen and oxygen atoms in total. The Morgan fingerprint density at radius 3 is 2.89 bits per heavy atom. The molecule has 0 saturated carbocycles. The summed E-state index contributed by atoms with van der Waals surface area (Å²) in [6.45, 7) is 3.83. The van der Waals surface area contributed by atoms with Crippen LogP contribution in [0.3, 0.4) is 0 Å². The Hall–Kier alpha value is -1.82. The molecule has 1 aromatic heterocycles. The first-order valence-electron chi connectivity index (χ1n) is 6.01. The lowest BCUT2D eigenvalue weighted by atomic mass is 10.0. The van der Waals surface area contributed by atoms with Gasteiger partial charge < -0.3 is 15.0 Å². The first kappa shape index (κ1) is 13.6. The van der Waals surface area contributed by atoms with E-state index in [0.29, 0.717) is 17.9 Å². The van der Waals surface area contributed by atoms with Crippen molar-refractivity contribution in [3.05, 3.63) is 33.7 Å². The van der Waals surface area contributed by atoms with Crippen molar-refractivity contribution >= 4 is 23.3 Å². The minimum absolute atomic E-state index is 0.219. The van der Waals surface area contributed by atoms with Crippen LogP contribution in [0.5, 0.6) is 0 Å². The third-order valence-electron chi connectivity index (χ3n) is 3.08. The zero-order chi connectivity index (χ0) is 14.0. The van der Waals surface area contributed by atoms with E-state index in [-0.39, 0.29) is 12.0 Å². The first-order valence-corrected chi connectivity index (χ1v) is 6.89. The molecule has 0 aliphatic carbocycles. The average molecular weight is 280 g/mol. The molecular formula is C13H16N2O3S. The topological polar surface area (TPSA) is 58.6 Å². The van der Waals surface area contributed by atoms with E-state index in [1.165, 1.54) is 16.2 Å². The molecule has 0 aromatic carbocycles. The molecule has 0 bridgehead atoms. The highest BCUT2D eigenvalue weighted by atomic mass is 32.1. The summed E-state index contributed by atoms with van der Waals surface area (Å²) in [5.74, 6) is -0.384. The minimum Gasteiger partial charge on any atom is -0.463 e. The van der Waals surface area contributed by atoms with Gasteiger partial charge in [0.25, 0.3) is 0 Å². The Balaban J connectivity index is 2.45. The van der Waals surface area contributed by atoms with E-state index < -0.39 is 6.04 Å². The average Bonchev–Trinajstić information content (AvgIpc) is 2.89. The number of urea groups is 1. The summed E-state index contributed by atoms with van der Waals surface area (Å²) in [7, 11) is 1.63. The minimum atomic E-state index is -0.428. The van der Waals surface area contributed by atoms with Crippen molar-refractivity contribution in [2.24, 2.45) is 0 Å². The van der Waals surface area contributed by atoms with Gasteiger partial charge >= 0.3 is 12.0 Å². The fraction of sp³-hybridized carbons (Fsp3) is 0.385. The quantitative estimate of drug-likeness (QED) is 0.864. The lowest BCUT2D eigenvalue weighted by molar-refractivity contribution is -0.139. The number of amides is 2. The molecule has 102 valence electrons. The third kappa shape index (κ3) is 2.49. The summed E-state index contributed by atoms with van der Waals surface area (Å²) in [5, 5.41) is 4.74. The number of hydrogen-bond donors (Lipinski definition) is 1. The van der Waals surface area contributed by atoms with Gasteiger partial charge in [-0.05, 0) is 25.3 Å². The van der Waals surface area contributed by atoms with Gasteiger partial charge in [0, 0.05) is 17.6 Å². The van der Waals surface area contributed by atoms with Crippen molar-refractivity contribution < 1.29 is 14.3 Å². The van der Waals surface area contributed by atoms with Gasteiger partial charge in [-0.2, -0.15) is 0 Å². The normalized spacial score (nSPS) is 19.4. The summed E-state index contributed by atoms with van der Waals surface area (Å²) in [6, 6.07) is 3.14. The molecule has 0 radical (unpaired) electrons. The summed E-state index contributed by atoms with van der Waals surface area (Å²) < 4.78 is 5.09. The molecule has 0 unspecified atom stereocenters. The van der Waals surface area contributed by atoms with Crippen LogP contribution in [0.1, 0.15) is 24.8 Å². The number of hydrogen-bond acceptors (Lipinski definition) is 4. The fourth-order valence-corrected chi connectivity index (χ4v) is 2.76. The lowest BCUT2D eigenvalue weighted by Crippen LogP contribution is -2.46. The number of carbonyl (C=O) groups excluding carboxylic acids is 2. The van der Waals surface area contributed by atoms with Crippen LogP contribution in [-0.4, -0.2) is 30.6 Å². The second-order valence-corrected chi connectivity index (χ2v) is 5.16. The van der Waals surface area contributed by atoms with Crippen LogP contribution in [0.2, 0.25) is 0 Å². The third-order valence-corrected chi connectivity index (χ3v) is 4.01. The van der Waals surface area contributed by atoms with Gasteiger partial charge in [0.1, 0.15) is 0 Å². The molecule has 2 amide bonds. The Kier molecular flexibility index (Phi) is 3.90. The number of rotatable bonds is 3. The van der Waals surface area contributed by atoms with Crippen molar-refractivity contribution in [2.45, 2.75) is 19.9 Å². The molecule has 0 fully saturated rings. The zero-order valence-corrected chi connectivity index (χ0v) is 11.9. The van der Waals surface area contributed by atoms with E-state index in [0.717, 1.165) is 4.88 Å². The first-order chi connectivity index (χ1) is 9.06. The second-order valence-electron chi connectivity index (χ2n) is 4.18. The Labute approximate surface area is 115 Å². The molecule has 1 atom stereocenters. The number of allylic oxidation sites excluding steroid dienone is 1. The predicted molar refractivity (Wildman–Crippen MR) is 72.7 cm³/mol. The molecule has 6 heteroatoms. The van der Waals surface area contributed by atoms with Gasteiger partial charge in [0.15, 0.2) is 0 Å². The second kappa shape index (κ2) is 5.44. The number of nitrogens with one attached hydrogen (secondary N) is 1. The highest BCUT2D eigenvalue weighted by Gasteiger charge is 2.35. The van der Waals surface area contributed by atoms with Crippen molar-refractivity contribution in [3.8, 4) is 0 Å². The van der Waals surface area contributed by atoms with Gasteiger partial charge in [0.2, 0.25) is 0 Å². The van der Waals surface area contributed by atoms with E-state index in [9.17, 15) is 9.59 Å². The van der Waals surface area contributed by atoms with Gasteiger partial charge in [-0.1, -0.05) is 6.07 Å². The number of thiophene rings is 1. The van der Waals surface area contributed by atoms with Gasteiger partial charge in [-0.25, -0.2) is 9.59 Å². The van der Waals surface area contributed by atoms with Gasteiger partial charge in [-0.15, -0.1) is 11.3 Å². The Morgan fingerprint density at radius 2 is 2.32 bits per heavy atom. The summed E-state index contributed by atoms with van der Waals surface area (Å²) in [4.78, 5) is 26.3. The fourth-order valence-electron chi connectivity index (χ4n) is 1.98. The monoisotopic (exact) mass is 280 g/mol. The molecule has 19 heavy (non-hydrogen) atoms. The zero-order valence-electron chi connectivity index (χ0n) is 11.1. The standard InChI is InChI=1S/C13H16N2O3S/c1-4-18-12(16)10-8(2)15(3)13(17)14-11(10)9-6-5-7-19-9/h5-7,11H,4H2,1-3H3,(H,14,17)/t11-/m0/s1. The van der Waals surface area contributed by atoms with E-state index in [1.54, 1.807) is 20.9 Å². The molecule has 2 heterocycles. The molecule has 0 saturated heterocycles. The number of ether oxygens (including phenoxy) is 1. The van der Waals surface area contributed by atoms with Crippen LogP contribution in [0.4, 0.5) is 4.79 Å². The highest BCUT2D eigenvalue weighted by molar-refractivity contribution is 7.10. The smallest absolute Gasteiger partial charge is 0.338 e. The molecule has 1 aromatic rings. The van der Waals surface area contributed by atoms with Crippen LogP contribution >= 0.6 is 11.3 Å². The summed E-state index contributed by atoms with van der Waals surface area (Å²) in [6.07, 6.45) is 0. The number of nitrogens with zero attached hydrogens (tertiary/aromatic N) is 1. The molecule has 2 rings (SSSR count). The Bertz CT molecular complexity index is 522. The van der Waals surface area contributed by atoms with E-state index >= 15 is 0 Å². The summed E-state index contributed by atoms with van der Waals surface area (Å²) >= 11 is 1.50. The SMILES string of the molecule is CCOC(=O)C1=C(C)N(C)C(=O)N[C@H]1c1cccs1. The van der Waals surface area contributed by atoms with Crippen LogP contribution < -0.4 is 5.32 Å². The van der Waals surface area contributed by atoms with Crippen molar-refractivity contribution in [1.29, 1.82) is 0 Å². The molecule has 0 spiro atoms. The lowest BCUT2D eigenvalue weighted by Gasteiger charge is -2.32. The van der Waals surface area contributed by atoms with Crippen LogP contribution in [-0.2, 0) is 9.53 Å². The van der Waals surface area contributed by atoms with Crippen molar-refractivity contribution in [2.75, 3.05) is 13.7 Å². The molecule has 1 N–H and O–H groups in total. The van der Waals surface area contributed by atoms with Crippen LogP contribution in [0.25, 0.3) is 0 Å². The van der Waals surface area contributed by atoms with Crippen LogP contribution in [0, 0.1) is 0 Å². The molecule has 1 aliphatic heterocycles. The van der Waals surface area contributed by atoms with E-state index in [4.69, 9.17) is 4.74 Å². The summed E-state index contributed by atoms with van der Waals surface area (Å²) in [5.41, 5.74) is 1.12. The Morgan fingerprint density at radius 1 is 1.58 bits per heavy atom. The maximum atomic E-state index is 12.1. The molecule has 1 aliphatic rings. The predicted octanol–water partition coefficient (Wildman–Crippen LogP) is 2.28. The van der Waals surface area contributed by atoms with Gasteiger partial charge in [0.05, 0.1) is 18.2 Å². The van der Waals surface area contributed by atoms with E-state index in [1.807, 2.05) is 17.5 Å². The largest absolute Gasteiger partial charge is 0.463 e. The maximum Gasteiger partial charge on any atom is 0.338 e. The van der Waals surface area contributed by atoms with Crippen LogP contribution in [0.15, 0.2) is 28.8 Å². The van der Waals surface area contributed by atoms with Gasteiger partial charge in [-0.3, -0.25) is 0 Å². The number of carbonyl (C=O) groups is 2. The van der Waals surface area contributed by atoms with E-state index in [2.05, 4.69) is 5.32 Å². The maximum absolute atomic E-state index is 12.1.